The topological polar surface area (TPSA) is 29.5 Å². The van der Waals surface area contributed by atoms with Crippen molar-refractivity contribution in [3.63, 3.8) is 0 Å². The van der Waals surface area contributed by atoms with Gasteiger partial charge in [-0.1, -0.05) is 38.5 Å². The molecule has 0 aliphatic heterocycles. The maximum Gasteiger partial charge on any atom is 0.191 e. The molecule has 0 saturated heterocycles. The Morgan fingerprint density at radius 3 is 2.52 bits per heavy atom. The van der Waals surface area contributed by atoms with Gasteiger partial charge < -0.3 is 9.53 Å². The molecule has 2 aliphatic rings. The summed E-state index contributed by atoms with van der Waals surface area (Å²) in [6, 6.07) is 0. The van der Waals surface area contributed by atoms with Crippen LogP contribution in [-0.4, -0.2) is 25.6 Å². The normalized spacial score (nSPS) is 35.5. The summed E-state index contributed by atoms with van der Waals surface area (Å²) in [6.07, 6.45) is 6.19. The Morgan fingerprint density at radius 2 is 2.00 bits per heavy atom. The highest BCUT2D eigenvalue weighted by atomic mass is 28.4. The lowest BCUT2D eigenvalue weighted by atomic mass is 9.83. The summed E-state index contributed by atoms with van der Waals surface area (Å²) in [5.74, 6) is 0.981. The zero-order chi connectivity index (χ0) is 16.1. The standard InChI is InChI=1S/C18H32O2Si/c1-13(2)11-18(19)15-8-9-16(18)14(10-15)12-20-21(6,7)17(3,4)5/h8-9,14-16,19H,1,10-12H2,2-7H3/t14-,15-,16+,18+/m0/s1. The van der Waals surface area contributed by atoms with Crippen LogP contribution in [0.4, 0.5) is 0 Å². The van der Waals surface area contributed by atoms with Gasteiger partial charge in [-0.2, -0.15) is 0 Å². The second-order valence-electron chi connectivity index (χ2n) is 8.71. The molecule has 0 aromatic heterocycles. The van der Waals surface area contributed by atoms with Crippen molar-refractivity contribution in [3.05, 3.63) is 24.3 Å². The molecule has 0 radical (unpaired) electrons. The van der Waals surface area contributed by atoms with Gasteiger partial charge >= 0.3 is 0 Å². The minimum atomic E-state index is -1.70. The maximum atomic E-state index is 11.1. The third-order valence-electron chi connectivity index (χ3n) is 5.88. The Bertz CT molecular complexity index is 447. The lowest BCUT2D eigenvalue weighted by Crippen LogP contribution is -2.43. The van der Waals surface area contributed by atoms with Gasteiger partial charge in [0.2, 0.25) is 0 Å². The fraction of sp³-hybridized carbons (Fsp3) is 0.778. The molecule has 2 aliphatic carbocycles. The van der Waals surface area contributed by atoms with Crippen molar-refractivity contribution in [2.75, 3.05) is 6.61 Å². The van der Waals surface area contributed by atoms with E-state index in [0.717, 1.165) is 18.6 Å². The molecule has 21 heavy (non-hydrogen) atoms. The van der Waals surface area contributed by atoms with Gasteiger partial charge in [-0.25, -0.2) is 0 Å². The van der Waals surface area contributed by atoms with E-state index in [-0.39, 0.29) is 16.9 Å². The van der Waals surface area contributed by atoms with E-state index in [1.165, 1.54) is 0 Å². The fourth-order valence-electron chi connectivity index (χ4n) is 3.59. The Labute approximate surface area is 131 Å². The number of hydrogen-bond acceptors (Lipinski definition) is 2. The van der Waals surface area contributed by atoms with Crippen LogP contribution >= 0.6 is 0 Å². The van der Waals surface area contributed by atoms with Gasteiger partial charge in [0.05, 0.1) is 5.60 Å². The van der Waals surface area contributed by atoms with Crippen LogP contribution in [0.25, 0.3) is 0 Å². The predicted octanol–water partition coefficient (Wildman–Crippen LogP) is 4.53. The molecule has 1 N–H and O–H groups in total. The Kier molecular flexibility index (Phi) is 4.33. The van der Waals surface area contributed by atoms with Gasteiger partial charge in [0.15, 0.2) is 8.32 Å². The molecule has 2 bridgehead atoms. The van der Waals surface area contributed by atoms with Gasteiger partial charge in [0, 0.05) is 18.4 Å². The van der Waals surface area contributed by atoms with Gasteiger partial charge in [-0.3, -0.25) is 0 Å². The number of aliphatic hydroxyl groups is 1. The van der Waals surface area contributed by atoms with Crippen LogP contribution in [0.3, 0.4) is 0 Å². The number of hydrogen-bond donors (Lipinski definition) is 1. The average Bonchev–Trinajstić information content (AvgIpc) is 2.74. The lowest BCUT2D eigenvalue weighted by molar-refractivity contribution is -0.00464. The Hall–Kier alpha value is -0.383. The first kappa shape index (κ1) is 17.0. The summed E-state index contributed by atoms with van der Waals surface area (Å²) in [4.78, 5) is 0. The van der Waals surface area contributed by atoms with Crippen LogP contribution in [0.2, 0.25) is 18.1 Å². The minimum Gasteiger partial charge on any atom is -0.417 e. The molecule has 1 fully saturated rings. The number of rotatable bonds is 5. The fourth-order valence-corrected chi connectivity index (χ4v) is 4.65. The first-order valence-corrected chi connectivity index (χ1v) is 11.1. The van der Waals surface area contributed by atoms with E-state index in [1.54, 1.807) is 0 Å². The van der Waals surface area contributed by atoms with E-state index in [1.807, 2.05) is 6.92 Å². The van der Waals surface area contributed by atoms with Crippen molar-refractivity contribution in [1.82, 2.24) is 0 Å². The summed E-state index contributed by atoms with van der Waals surface area (Å²) in [6.45, 7) is 18.2. The minimum absolute atomic E-state index is 0.240. The van der Waals surface area contributed by atoms with Crippen molar-refractivity contribution in [1.29, 1.82) is 0 Å². The van der Waals surface area contributed by atoms with Gasteiger partial charge in [0.1, 0.15) is 0 Å². The van der Waals surface area contributed by atoms with Gasteiger partial charge in [-0.05, 0) is 43.8 Å². The van der Waals surface area contributed by atoms with Gasteiger partial charge in [0.25, 0.3) is 0 Å². The lowest BCUT2D eigenvalue weighted by Gasteiger charge is -2.38. The molecule has 4 atom stereocenters. The number of fused-ring (bicyclic) bond motifs is 2. The van der Waals surface area contributed by atoms with Crippen molar-refractivity contribution in [3.8, 4) is 0 Å². The summed E-state index contributed by atoms with van der Waals surface area (Å²) >= 11 is 0. The quantitative estimate of drug-likeness (QED) is 0.597. The molecule has 0 unspecified atom stereocenters. The van der Waals surface area contributed by atoms with E-state index in [9.17, 15) is 5.11 Å². The second kappa shape index (κ2) is 5.36. The highest BCUT2D eigenvalue weighted by molar-refractivity contribution is 6.74. The van der Waals surface area contributed by atoms with Crippen LogP contribution in [0.1, 0.15) is 40.5 Å². The Balaban J connectivity index is 2.02. The summed E-state index contributed by atoms with van der Waals surface area (Å²) in [5.41, 5.74) is 0.468. The molecule has 0 spiro atoms. The average molecular weight is 309 g/mol. The molecule has 2 rings (SSSR count). The molecule has 120 valence electrons. The maximum absolute atomic E-state index is 11.1. The van der Waals surface area contributed by atoms with Crippen LogP contribution in [-0.2, 0) is 4.43 Å². The van der Waals surface area contributed by atoms with Crippen molar-refractivity contribution >= 4 is 8.32 Å². The smallest absolute Gasteiger partial charge is 0.191 e. The zero-order valence-electron chi connectivity index (χ0n) is 14.6. The molecule has 0 amide bonds. The van der Waals surface area contributed by atoms with Crippen molar-refractivity contribution in [2.45, 2.75) is 64.3 Å². The monoisotopic (exact) mass is 308 g/mol. The van der Waals surface area contributed by atoms with Crippen LogP contribution in [0.5, 0.6) is 0 Å². The van der Waals surface area contributed by atoms with E-state index < -0.39 is 13.9 Å². The third-order valence-corrected chi connectivity index (χ3v) is 10.4. The molecule has 2 nitrogen and oxygen atoms in total. The molecule has 0 heterocycles. The molecule has 1 saturated carbocycles. The van der Waals surface area contributed by atoms with Gasteiger partial charge in [-0.15, -0.1) is 6.58 Å². The predicted molar refractivity (Wildman–Crippen MR) is 91.8 cm³/mol. The SMILES string of the molecule is C=C(C)C[C@]1(O)[C@@H]2C=C[C@H]1C[C@H]2CO[Si](C)(C)C(C)(C)C. The molecular weight excluding hydrogens is 276 g/mol. The molecule has 3 heteroatoms. The van der Waals surface area contributed by atoms with E-state index >= 15 is 0 Å². The summed E-state index contributed by atoms with van der Waals surface area (Å²) in [7, 11) is -1.70. The third kappa shape index (κ3) is 3.06. The van der Waals surface area contributed by atoms with Crippen LogP contribution in [0, 0.1) is 17.8 Å². The van der Waals surface area contributed by atoms with Crippen LogP contribution in [0.15, 0.2) is 24.3 Å². The molecule has 0 aromatic rings. The highest BCUT2D eigenvalue weighted by Crippen LogP contribution is 2.54. The molecular formula is C18H32O2Si. The van der Waals surface area contributed by atoms with Crippen LogP contribution < -0.4 is 0 Å². The van der Waals surface area contributed by atoms with E-state index in [0.29, 0.717) is 12.3 Å². The highest BCUT2D eigenvalue weighted by Gasteiger charge is 2.55. The Morgan fingerprint density at radius 1 is 1.38 bits per heavy atom. The first-order valence-electron chi connectivity index (χ1n) is 8.16. The van der Waals surface area contributed by atoms with Crippen molar-refractivity contribution < 1.29 is 9.53 Å². The molecule has 0 aromatic carbocycles. The largest absolute Gasteiger partial charge is 0.417 e. The zero-order valence-corrected chi connectivity index (χ0v) is 15.6. The second-order valence-corrected chi connectivity index (χ2v) is 13.5. The summed E-state index contributed by atoms with van der Waals surface area (Å²) < 4.78 is 6.40. The van der Waals surface area contributed by atoms with Crippen molar-refractivity contribution in [2.24, 2.45) is 17.8 Å². The summed E-state index contributed by atoms with van der Waals surface area (Å²) in [5, 5.41) is 11.3. The first-order chi connectivity index (χ1) is 9.47. The van der Waals surface area contributed by atoms with E-state index in [4.69, 9.17) is 4.43 Å². The van der Waals surface area contributed by atoms with E-state index in [2.05, 4.69) is 52.6 Å².